The van der Waals surface area contributed by atoms with Gasteiger partial charge < -0.3 is 10.0 Å². The third-order valence-corrected chi connectivity index (χ3v) is 4.67. The van der Waals surface area contributed by atoms with Crippen LogP contribution in [0, 0.1) is 0 Å². The zero-order valence-electron chi connectivity index (χ0n) is 11.4. The number of nitrogens with zero attached hydrogens (tertiary/aromatic N) is 1. The summed E-state index contributed by atoms with van der Waals surface area (Å²) in [4.78, 5) is 26.5. The van der Waals surface area contributed by atoms with Crippen molar-refractivity contribution >= 4 is 23.2 Å². The SMILES string of the molecule is O=C(O)CC1c2ccccc2C(=O)N1CCc1cccs1. The van der Waals surface area contributed by atoms with Crippen LogP contribution in [0.5, 0.6) is 0 Å². The highest BCUT2D eigenvalue weighted by Gasteiger charge is 2.37. The van der Waals surface area contributed by atoms with Gasteiger partial charge in [-0.2, -0.15) is 0 Å². The fourth-order valence-corrected chi connectivity index (χ4v) is 3.47. The molecule has 1 aliphatic heterocycles. The molecule has 1 N–H and O–H groups in total. The van der Waals surface area contributed by atoms with Crippen LogP contribution in [-0.2, 0) is 11.2 Å². The van der Waals surface area contributed by atoms with Gasteiger partial charge >= 0.3 is 5.97 Å². The normalized spacial score (nSPS) is 17.0. The van der Waals surface area contributed by atoms with Crippen molar-refractivity contribution in [1.82, 2.24) is 4.90 Å². The van der Waals surface area contributed by atoms with Crippen molar-refractivity contribution < 1.29 is 14.7 Å². The van der Waals surface area contributed by atoms with Crippen LogP contribution in [0.15, 0.2) is 41.8 Å². The van der Waals surface area contributed by atoms with Crippen LogP contribution in [0.3, 0.4) is 0 Å². The number of carbonyl (C=O) groups excluding carboxylic acids is 1. The van der Waals surface area contributed by atoms with Crippen LogP contribution in [0.25, 0.3) is 0 Å². The van der Waals surface area contributed by atoms with Gasteiger partial charge in [0.1, 0.15) is 0 Å². The van der Waals surface area contributed by atoms with Gasteiger partial charge in [-0.15, -0.1) is 11.3 Å². The molecule has 0 aliphatic carbocycles. The molecule has 0 fully saturated rings. The predicted octanol–water partition coefficient (Wildman–Crippen LogP) is 2.96. The number of benzene rings is 1. The fraction of sp³-hybridized carbons (Fsp3) is 0.250. The molecule has 0 bridgehead atoms. The molecule has 0 saturated heterocycles. The minimum absolute atomic E-state index is 0.0484. The maximum absolute atomic E-state index is 12.5. The van der Waals surface area contributed by atoms with Gasteiger partial charge in [-0.25, -0.2) is 0 Å². The smallest absolute Gasteiger partial charge is 0.305 e. The maximum atomic E-state index is 12.5. The predicted molar refractivity (Wildman–Crippen MR) is 80.5 cm³/mol. The second-order valence-electron chi connectivity index (χ2n) is 5.03. The number of fused-ring (bicyclic) bond motifs is 1. The van der Waals surface area contributed by atoms with Gasteiger partial charge in [-0.1, -0.05) is 24.3 Å². The van der Waals surface area contributed by atoms with E-state index in [0.29, 0.717) is 12.1 Å². The zero-order chi connectivity index (χ0) is 14.8. The molecule has 3 rings (SSSR count). The van der Waals surface area contributed by atoms with E-state index in [2.05, 4.69) is 0 Å². The Kier molecular flexibility index (Phi) is 3.75. The molecule has 1 atom stereocenters. The van der Waals surface area contributed by atoms with Crippen molar-refractivity contribution in [3.05, 3.63) is 57.8 Å². The van der Waals surface area contributed by atoms with Crippen molar-refractivity contribution in [2.45, 2.75) is 18.9 Å². The summed E-state index contributed by atoms with van der Waals surface area (Å²) in [6.45, 7) is 0.548. The van der Waals surface area contributed by atoms with E-state index in [4.69, 9.17) is 5.11 Å². The largest absolute Gasteiger partial charge is 0.481 e. The van der Waals surface area contributed by atoms with Crippen molar-refractivity contribution in [2.24, 2.45) is 0 Å². The molecule has 2 aromatic rings. The molecule has 1 aromatic carbocycles. The average molecular weight is 301 g/mol. The Balaban J connectivity index is 1.84. The van der Waals surface area contributed by atoms with Crippen LogP contribution in [-0.4, -0.2) is 28.4 Å². The first-order valence-electron chi connectivity index (χ1n) is 6.81. The van der Waals surface area contributed by atoms with Gasteiger partial charge in [0.25, 0.3) is 5.91 Å². The van der Waals surface area contributed by atoms with Crippen LogP contribution >= 0.6 is 11.3 Å². The summed E-state index contributed by atoms with van der Waals surface area (Å²) in [7, 11) is 0. The minimum atomic E-state index is -0.884. The maximum Gasteiger partial charge on any atom is 0.305 e. The summed E-state index contributed by atoms with van der Waals surface area (Å²) in [5.41, 5.74) is 1.46. The van der Waals surface area contributed by atoms with Crippen LogP contribution in [0.1, 0.15) is 33.3 Å². The lowest BCUT2D eigenvalue weighted by Crippen LogP contribution is -2.31. The van der Waals surface area contributed by atoms with Crippen molar-refractivity contribution in [1.29, 1.82) is 0 Å². The molecule has 4 nitrogen and oxygen atoms in total. The highest BCUT2D eigenvalue weighted by molar-refractivity contribution is 7.09. The summed E-state index contributed by atoms with van der Waals surface area (Å²) >= 11 is 1.65. The van der Waals surface area contributed by atoms with Gasteiger partial charge in [0.15, 0.2) is 0 Å². The molecule has 1 aromatic heterocycles. The molecule has 2 heterocycles. The average Bonchev–Trinajstić information content (AvgIpc) is 3.06. The Labute approximate surface area is 126 Å². The number of carboxylic acid groups (broad SMARTS) is 1. The number of hydrogen-bond acceptors (Lipinski definition) is 3. The highest BCUT2D eigenvalue weighted by Crippen LogP contribution is 2.35. The molecular formula is C16H15NO3S. The highest BCUT2D eigenvalue weighted by atomic mass is 32.1. The zero-order valence-corrected chi connectivity index (χ0v) is 12.2. The van der Waals surface area contributed by atoms with E-state index in [1.807, 2.05) is 35.7 Å². The lowest BCUT2D eigenvalue weighted by molar-refractivity contribution is -0.138. The Morgan fingerprint density at radius 2 is 2.05 bits per heavy atom. The van der Waals surface area contributed by atoms with Gasteiger partial charge in [0.05, 0.1) is 12.5 Å². The molecule has 0 radical (unpaired) electrons. The van der Waals surface area contributed by atoms with E-state index in [1.165, 1.54) is 4.88 Å². The van der Waals surface area contributed by atoms with Crippen LogP contribution < -0.4 is 0 Å². The molecule has 5 heteroatoms. The van der Waals surface area contributed by atoms with Crippen molar-refractivity contribution in [3.8, 4) is 0 Å². The Morgan fingerprint density at radius 1 is 1.24 bits per heavy atom. The summed E-state index contributed by atoms with van der Waals surface area (Å²) < 4.78 is 0. The van der Waals surface area contributed by atoms with Crippen LogP contribution in [0.2, 0.25) is 0 Å². The van der Waals surface area contributed by atoms with Gasteiger partial charge in [-0.3, -0.25) is 9.59 Å². The van der Waals surface area contributed by atoms with E-state index >= 15 is 0 Å². The topological polar surface area (TPSA) is 57.6 Å². The number of thiophene rings is 1. The van der Waals surface area contributed by atoms with E-state index < -0.39 is 5.97 Å². The number of carboxylic acids is 1. The lowest BCUT2D eigenvalue weighted by atomic mass is 10.0. The fourth-order valence-electron chi connectivity index (χ4n) is 2.77. The Bertz CT molecular complexity index is 666. The monoisotopic (exact) mass is 301 g/mol. The third-order valence-electron chi connectivity index (χ3n) is 3.73. The molecule has 1 unspecified atom stereocenters. The molecule has 1 aliphatic rings. The van der Waals surface area contributed by atoms with Crippen molar-refractivity contribution in [3.63, 3.8) is 0 Å². The first-order valence-corrected chi connectivity index (χ1v) is 7.69. The first-order chi connectivity index (χ1) is 10.2. The summed E-state index contributed by atoms with van der Waals surface area (Å²) in [5, 5.41) is 11.1. The van der Waals surface area contributed by atoms with E-state index in [9.17, 15) is 9.59 Å². The Morgan fingerprint density at radius 3 is 2.76 bits per heavy atom. The van der Waals surface area contributed by atoms with Crippen LogP contribution in [0.4, 0.5) is 0 Å². The Hall–Kier alpha value is -2.14. The summed E-state index contributed by atoms with van der Waals surface area (Å²) in [5.74, 6) is -0.945. The minimum Gasteiger partial charge on any atom is -0.481 e. The lowest BCUT2D eigenvalue weighted by Gasteiger charge is -2.24. The van der Waals surface area contributed by atoms with Gasteiger partial charge in [0, 0.05) is 17.0 Å². The molecule has 108 valence electrons. The van der Waals surface area contributed by atoms with E-state index in [0.717, 1.165) is 12.0 Å². The van der Waals surface area contributed by atoms with Gasteiger partial charge in [0.2, 0.25) is 0 Å². The quantitative estimate of drug-likeness (QED) is 0.923. The molecule has 0 saturated carbocycles. The van der Waals surface area contributed by atoms with E-state index in [1.54, 1.807) is 22.3 Å². The number of aliphatic carboxylic acids is 1. The second-order valence-corrected chi connectivity index (χ2v) is 6.06. The molecule has 21 heavy (non-hydrogen) atoms. The van der Waals surface area contributed by atoms with E-state index in [-0.39, 0.29) is 18.4 Å². The molecular weight excluding hydrogens is 286 g/mol. The number of rotatable bonds is 5. The molecule has 0 spiro atoms. The van der Waals surface area contributed by atoms with Gasteiger partial charge in [-0.05, 0) is 29.5 Å². The summed E-state index contributed by atoms with van der Waals surface area (Å²) in [6, 6.07) is 11.0. The molecule has 1 amide bonds. The second kappa shape index (κ2) is 5.69. The summed E-state index contributed by atoms with van der Waals surface area (Å²) in [6.07, 6.45) is 0.709. The third kappa shape index (κ3) is 2.69. The number of hydrogen-bond donors (Lipinski definition) is 1. The van der Waals surface area contributed by atoms with Crippen molar-refractivity contribution in [2.75, 3.05) is 6.54 Å². The number of amides is 1. The standard InChI is InChI=1S/C16H15NO3S/c18-15(19)10-14-12-5-1-2-6-13(12)16(20)17(14)8-7-11-4-3-9-21-11/h1-6,9,14H,7-8,10H2,(H,18,19). The first kappa shape index (κ1) is 13.8. The number of carbonyl (C=O) groups is 2.